The Morgan fingerprint density at radius 3 is 2.38 bits per heavy atom. The normalized spacial score (nSPS) is 11.8. The summed E-state index contributed by atoms with van der Waals surface area (Å²) in [6.07, 6.45) is -3.70. The van der Waals surface area contributed by atoms with Crippen molar-refractivity contribution < 1.29 is 18.0 Å². The van der Waals surface area contributed by atoms with Crippen molar-refractivity contribution in [2.75, 3.05) is 0 Å². The second-order valence-electron chi connectivity index (χ2n) is 4.78. The summed E-state index contributed by atoms with van der Waals surface area (Å²) in [6, 6.07) is 6.76. The number of nitrogens with zero attached hydrogens (tertiary/aromatic N) is 1. The Bertz CT molecular complexity index is 543. The quantitative estimate of drug-likeness (QED) is 0.902. The number of nitrogens with one attached hydrogen (secondary N) is 1. The molecular formula is C15H17F3N2O. The SMILES string of the molecule is CCC(C#N)(CC)C(=O)NCc1cccc(C(F)(F)F)c1. The number of halogens is 3. The maximum atomic E-state index is 12.6. The fraction of sp³-hybridized carbons (Fsp3) is 0.467. The van der Waals surface area contributed by atoms with Gasteiger partial charge in [0.25, 0.3) is 0 Å². The average Bonchev–Trinajstić information content (AvgIpc) is 2.47. The van der Waals surface area contributed by atoms with Gasteiger partial charge < -0.3 is 5.32 Å². The van der Waals surface area contributed by atoms with Crippen LogP contribution in [0.2, 0.25) is 0 Å². The van der Waals surface area contributed by atoms with Crippen LogP contribution in [-0.4, -0.2) is 5.91 Å². The standard InChI is InChI=1S/C15H17F3N2O/c1-3-14(4-2,10-19)13(21)20-9-11-6-5-7-12(8-11)15(16,17)18/h5-8H,3-4,9H2,1-2H3,(H,20,21). The molecule has 0 atom stereocenters. The predicted molar refractivity (Wildman–Crippen MR) is 71.9 cm³/mol. The van der Waals surface area contributed by atoms with E-state index in [0.717, 1.165) is 12.1 Å². The molecule has 0 fully saturated rings. The molecule has 0 heterocycles. The Morgan fingerprint density at radius 2 is 1.90 bits per heavy atom. The zero-order valence-corrected chi connectivity index (χ0v) is 11.9. The molecule has 114 valence electrons. The van der Waals surface area contributed by atoms with E-state index < -0.39 is 23.1 Å². The van der Waals surface area contributed by atoms with Crippen molar-refractivity contribution >= 4 is 5.91 Å². The van der Waals surface area contributed by atoms with E-state index in [1.165, 1.54) is 12.1 Å². The molecule has 6 heteroatoms. The number of hydrogen-bond acceptors (Lipinski definition) is 2. The lowest BCUT2D eigenvalue weighted by atomic mass is 9.83. The van der Waals surface area contributed by atoms with Gasteiger partial charge in [-0.25, -0.2) is 0 Å². The maximum absolute atomic E-state index is 12.6. The number of nitriles is 1. The van der Waals surface area contributed by atoms with Crippen LogP contribution in [0, 0.1) is 16.7 Å². The van der Waals surface area contributed by atoms with Gasteiger partial charge in [0.1, 0.15) is 5.41 Å². The highest BCUT2D eigenvalue weighted by Crippen LogP contribution is 2.30. The second-order valence-corrected chi connectivity index (χ2v) is 4.78. The van der Waals surface area contributed by atoms with Crippen molar-refractivity contribution in [3.63, 3.8) is 0 Å². The van der Waals surface area contributed by atoms with E-state index in [2.05, 4.69) is 5.32 Å². The molecule has 0 spiro atoms. The average molecular weight is 298 g/mol. The lowest BCUT2D eigenvalue weighted by Crippen LogP contribution is -2.39. The van der Waals surface area contributed by atoms with Gasteiger partial charge in [-0.1, -0.05) is 26.0 Å². The number of benzene rings is 1. The summed E-state index contributed by atoms with van der Waals surface area (Å²) < 4.78 is 37.8. The van der Waals surface area contributed by atoms with Gasteiger partial charge >= 0.3 is 6.18 Å². The molecule has 0 saturated carbocycles. The molecule has 0 radical (unpaired) electrons. The number of hydrogen-bond donors (Lipinski definition) is 1. The van der Waals surface area contributed by atoms with E-state index in [1.54, 1.807) is 13.8 Å². The van der Waals surface area contributed by atoms with Crippen LogP contribution < -0.4 is 5.32 Å². The molecule has 0 saturated heterocycles. The van der Waals surface area contributed by atoms with Gasteiger partial charge in [0.2, 0.25) is 5.91 Å². The third-order valence-corrected chi connectivity index (χ3v) is 3.56. The summed E-state index contributed by atoms with van der Waals surface area (Å²) in [5.74, 6) is -0.451. The van der Waals surface area contributed by atoms with E-state index in [0.29, 0.717) is 18.4 Å². The molecule has 21 heavy (non-hydrogen) atoms. The molecule has 3 nitrogen and oxygen atoms in total. The van der Waals surface area contributed by atoms with Crippen molar-refractivity contribution in [1.82, 2.24) is 5.32 Å². The summed E-state index contributed by atoms with van der Waals surface area (Å²) in [4.78, 5) is 12.1. The lowest BCUT2D eigenvalue weighted by Gasteiger charge is -2.22. The third-order valence-electron chi connectivity index (χ3n) is 3.56. The first-order valence-electron chi connectivity index (χ1n) is 6.64. The van der Waals surface area contributed by atoms with E-state index in [-0.39, 0.29) is 6.54 Å². The van der Waals surface area contributed by atoms with Crippen LogP contribution in [0.15, 0.2) is 24.3 Å². The van der Waals surface area contributed by atoms with Gasteiger partial charge in [-0.05, 0) is 30.5 Å². The Hall–Kier alpha value is -2.03. The molecule has 0 aliphatic carbocycles. The Kier molecular flexibility index (Phi) is 5.36. The fourth-order valence-electron chi connectivity index (χ4n) is 1.99. The molecule has 0 bridgehead atoms. The molecule has 1 aromatic carbocycles. The Morgan fingerprint density at radius 1 is 1.29 bits per heavy atom. The van der Waals surface area contributed by atoms with Crippen molar-refractivity contribution in [3.8, 4) is 6.07 Å². The van der Waals surface area contributed by atoms with Crippen LogP contribution in [0.5, 0.6) is 0 Å². The molecule has 1 N–H and O–H groups in total. The monoisotopic (exact) mass is 298 g/mol. The van der Waals surface area contributed by atoms with Crippen molar-refractivity contribution in [2.45, 2.75) is 39.4 Å². The van der Waals surface area contributed by atoms with Gasteiger partial charge in [-0.3, -0.25) is 4.79 Å². The van der Waals surface area contributed by atoms with Crippen molar-refractivity contribution in [1.29, 1.82) is 5.26 Å². The van der Waals surface area contributed by atoms with Crippen LogP contribution >= 0.6 is 0 Å². The van der Waals surface area contributed by atoms with Gasteiger partial charge in [0, 0.05) is 6.54 Å². The molecule has 1 rings (SSSR count). The van der Waals surface area contributed by atoms with E-state index in [4.69, 9.17) is 5.26 Å². The highest BCUT2D eigenvalue weighted by atomic mass is 19.4. The van der Waals surface area contributed by atoms with E-state index in [9.17, 15) is 18.0 Å². The Balaban J connectivity index is 2.81. The zero-order chi connectivity index (χ0) is 16.1. The van der Waals surface area contributed by atoms with Gasteiger partial charge in [0.05, 0.1) is 11.6 Å². The smallest absolute Gasteiger partial charge is 0.351 e. The summed E-state index contributed by atoms with van der Waals surface area (Å²) in [7, 11) is 0. The first-order chi connectivity index (χ1) is 9.79. The molecule has 0 aliphatic rings. The number of amides is 1. The van der Waals surface area contributed by atoms with Crippen LogP contribution in [-0.2, 0) is 17.5 Å². The largest absolute Gasteiger partial charge is 0.416 e. The minimum atomic E-state index is -4.41. The lowest BCUT2D eigenvalue weighted by molar-refractivity contribution is -0.137. The number of alkyl halides is 3. The summed E-state index contributed by atoms with van der Waals surface area (Å²) in [5, 5.41) is 11.7. The third kappa shape index (κ3) is 3.97. The maximum Gasteiger partial charge on any atom is 0.416 e. The van der Waals surface area contributed by atoms with Crippen LogP contribution in [0.4, 0.5) is 13.2 Å². The van der Waals surface area contributed by atoms with Gasteiger partial charge in [0.15, 0.2) is 0 Å². The minimum Gasteiger partial charge on any atom is -0.351 e. The van der Waals surface area contributed by atoms with Crippen molar-refractivity contribution in [3.05, 3.63) is 35.4 Å². The van der Waals surface area contributed by atoms with Crippen LogP contribution in [0.1, 0.15) is 37.8 Å². The van der Waals surface area contributed by atoms with Gasteiger partial charge in [-0.15, -0.1) is 0 Å². The first kappa shape index (κ1) is 17.0. The predicted octanol–water partition coefficient (Wildman–Crippen LogP) is 3.65. The minimum absolute atomic E-state index is 0.0355. The van der Waals surface area contributed by atoms with Crippen LogP contribution in [0.25, 0.3) is 0 Å². The van der Waals surface area contributed by atoms with Gasteiger partial charge in [-0.2, -0.15) is 18.4 Å². The summed E-state index contributed by atoms with van der Waals surface area (Å²) in [6.45, 7) is 3.43. The van der Waals surface area contributed by atoms with Crippen LogP contribution in [0.3, 0.4) is 0 Å². The van der Waals surface area contributed by atoms with Crippen molar-refractivity contribution in [2.24, 2.45) is 5.41 Å². The summed E-state index contributed by atoms with van der Waals surface area (Å²) >= 11 is 0. The van der Waals surface area contributed by atoms with E-state index >= 15 is 0 Å². The number of carbonyl (C=O) groups is 1. The molecule has 0 aliphatic heterocycles. The first-order valence-corrected chi connectivity index (χ1v) is 6.64. The second kappa shape index (κ2) is 6.61. The summed E-state index contributed by atoms with van der Waals surface area (Å²) in [5.41, 5.74) is -1.54. The van der Waals surface area contributed by atoms with E-state index in [1.807, 2.05) is 6.07 Å². The topological polar surface area (TPSA) is 52.9 Å². The molecule has 1 aromatic rings. The Labute approximate surface area is 121 Å². The number of rotatable bonds is 5. The molecule has 1 amide bonds. The fourth-order valence-corrected chi connectivity index (χ4v) is 1.99. The zero-order valence-electron chi connectivity index (χ0n) is 11.9. The highest BCUT2D eigenvalue weighted by molar-refractivity contribution is 5.85. The highest BCUT2D eigenvalue weighted by Gasteiger charge is 2.35. The molecule has 0 unspecified atom stereocenters. The molecular weight excluding hydrogens is 281 g/mol. The molecule has 0 aromatic heterocycles. The number of carbonyl (C=O) groups excluding carboxylic acids is 1.